The minimum absolute atomic E-state index is 0.0839. The van der Waals surface area contributed by atoms with E-state index in [0.29, 0.717) is 25.1 Å². The lowest BCUT2D eigenvalue weighted by Crippen LogP contribution is -2.41. The molecule has 3 aliphatic rings. The maximum absolute atomic E-state index is 14.6. The Morgan fingerprint density at radius 2 is 1.86 bits per heavy atom. The molecule has 0 bridgehead atoms. The van der Waals surface area contributed by atoms with E-state index in [2.05, 4.69) is 0 Å². The molecule has 2 aliphatic heterocycles. The number of anilines is 1. The molecule has 0 unspecified atom stereocenters. The third kappa shape index (κ3) is 2.64. The second kappa shape index (κ2) is 6.43. The van der Waals surface area contributed by atoms with Gasteiger partial charge < -0.3 is 9.80 Å². The number of hydrogen-bond acceptors (Lipinski definition) is 2. The Morgan fingerprint density at radius 3 is 2.50 bits per heavy atom. The minimum atomic E-state index is -0.202. The van der Waals surface area contributed by atoms with Crippen molar-refractivity contribution in [3.8, 4) is 0 Å². The fourth-order valence-corrected chi connectivity index (χ4v) is 4.92. The number of carbonyl (C=O) groups excluding carboxylic acids is 2. The summed E-state index contributed by atoms with van der Waals surface area (Å²) in [5, 5.41) is 0. The first-order chi connectivity index (χ1) is 13.6. The van der Waals surface area contributed by atoms with E-state index in [1.165, 1.54) is 6.07 Å². The standard InChI is InChI=1S/C23H23FN2O2/c24-18-4-1-5-19-21(18)23(11-3-12-23)15-26(19)22(28)17-9-7-16(8-10-17)14-25-13-2-6-20(25)27/h1,4-5,7-10H,2-3,6,11-15H2. The summed E-state index contributed by atoms with van der Waals surface area (Å²) in [6.07, 6.45) is 4.51. The van der Waals surface area contributed by atoms with Crippen molar-refractivity contribution in [3.05, 3.63) is 65.0 Å². The molecule has 5 heteroatoms. The number of benzene rings is 2. The zero-order valence-electron chi connectivity index (χ0n) is 15.8. The van der Waals surface area contributed by atoms with E-state index in [1.54, 1.807) is 11.0 Å². The second-order valence-electron chi connectivity index (χ2n) is 8.27. The predicted molar refractivity (Wildman–Crippen MR) is 105 cm³/mol. The molecule has 0 aromatic heterocycles. The van der Waals surface area contributed by atoms with E-state index < -0.39 is 0 Å². The van der Waals surface area contributed by atoms with Gasteiger partial charge in [0.05, 0.1) is 5.69 Å². The number of nitrogens with zero attached hydrogens (tertiary/aromatic N) is 2. The summed E-state index contributed by atoms with van der Waals surface area (Å²) >= 11 is 0. The first-order valence-electron chi connectivity index (χ1n) is 10.0. The quantitative estimate of drug-likeness (QED) is 0.809. The summed E-state index contributed by atoms with van der Waals surface area (Å²) in [5.74, 6) is -0.0841. The van der Waals surface area contributed by atoms with Gasteiger partial charge in [-0.1, -0.05) is 24.6 Å². The number of hydrogen-bond donors (Lipinski definition) is 0. The summed E-state index contributed by atoms with van der Waals surface area (Å²) < 4.78 is 14.6. The summed E-state index contributed by atoms with van der Waals surface area (Å²) in [6, 6.07) is 12.5. The van der Waals surface area contributed by atoms with E-state index in [1.807, 2.05) is 35.2 Å². The number of carbonyl (C=O) groups is 2. The molecule has 1 spiro atoms. The van der Waals surface area contributed by atoms with Crippen LogP contribution in [0.25, 0.3) is 0 Å². The normalized spacial score (nSPS) is 19.8. The van der Waals surface area contributed by atoms with Gasteiger partial charge in [-0.2, -0.15) is 0 Å². The van der Waals surface area contributed by atoms with Crippen molar-refractivity contribution in [2.24, 2.45) is 0 Å². The molecule has 2 aromatic carbocycles. The molecule has 2 aromatic rings. The highest BCUT2D eigenvalue weighted by molar-refractivity contribution is 6.07. The summed E-state index contributed by atoms with van der Waals surface area (Å²) in [6.45, 7) is 1.96. The lowest BCUT2D eigenvalue weighted by molar-refractivity contribution is -0.128. The van der Waals surface area contributed by atoms with Crippen molar-refractivity contribution >= 4 is 17.5 Å². The van der Waals surface area contributed by atoms with Crippen LogP contribution >= 0.6 is 0 Å². The highest BCUT2D eigenvalue weighted by atomic mass is 19.1. The van der Waals surface area contributed by atoms with Gasteiger partial charge >= 0.3 is 0 Å². The number of fused-ring (bicyclic) bond motifs is 2. The average Bonchev–Trinajstić information content (AvgIpc) is 3.24. The van der Waals surface area contributed by atoms with E-state index in [9.17, 15) is 14.0 Å². The first kappa shape index (κ1) is 17.4. The first-order valence-corrected chi connectivity index (χ1v) is 10.0. The van der Waals surface area contributed by atoms with Gasteiger partial charge in [-0.15, -0.1) is 0 Å². The second-order valence-corrected chi connectivity index (χ2v) is 8.27. The van der Waals surface area contributed by atoms with Gasteiger partial charge in [-0.25, -0.2) is 4.39 Å². The van der Waals surface area contributed by atoms with Crippen LogP contribution in [0.4, 0.5) is 10.1 Å². The third-order valence-electron chi connectivity index (χ3n) is 6.58. The minimum Gasteiger partial charge on any atom is -0.338 e. The van der Waals surface area contributed by atoms with Crippen LogP contribution in [0.5, 0.6) is 0 Å². The number of likely N-dealkylation sites (tertiary alicyclic amines) is 1. The van der Waals surface area contributed by atoms with E-state index in [-0.39, 0.29) is 23.0 Å². The largest absolute Gasteiger partial charge is 0.338 e. The molecule has 28 heavy (non-hydrogen) atoms. The molecule has 0 atom stereocenters. The van der Waals surface area contributed by atoms with Gasteiger partial charge in [0.25, 0.3) is 5.91 Å². The van der Waals surface area contributed by atoms with Gasteiger partial charge in [-0.3, -0.25) is 9.59 Å². The van der Waals surface area contributed by atoms with Crippen molar-refractivity contribution in [2.45, 2.75) is 44.1 Å². The van der Waals surface area contributed by atoms with E-state index >= 15 is 0 Å². The van der Waals surface area contributed by atoms with Crippen molar-refractivity contribution in [2.75, 3.05) is 18.0 Å². The number of rotatable bonds is 3. The molecule has 0 N–H and O–H groups in total. The van der Waals surface area contributed by atoms with Gasteiger partial charge in [0, 0.05) is 42.6 Å². The molecular formula is C23H23FN2O2. The Bertz CT molecular complexity index is 950. The molecule has 2 heterocycles. The zero-order valence-corrected chi connectivity index (χ0v) is 15.8. The zero-order chi connectivity index (χ0) is 19.3. The molecule has 1 saturated carbocycles. The predicted octanol–water partition coefficient (Wildman–Crippen LogP) is 4.03. The highest BCUT2D eigenvalue weighted by Gasteiger charge is 2.50. The van der Waals surface area contributed by atoms with Crippen LogP contribution in [0.15, 0.2) is 42.5 Å². The van der Waals surface area contributed by atoms with Crippen molar-refractivity contribution in [1.29, 1.82) is 0 Å². The highest BCUT2D eigenvalue weighted by Crippen LogP contribution is 2.53. The summed E-state index contributed by atoms with van der Waals surface area (Å²) in [5.41, 5.74) is 2.86. The SMILES string of the molecule is O=C1CCCN1Cc1ccc(C(=O)N2CC3(CCC3)c3c(F)cccc32)cc1. The Kier molecular flexibility index (Phi) is 4.00. The van der Waals surface area contributed by atoms with E-state index in [0.717, 1.165) is 49.0 Å². The average molecular weight is 378 g/mol. The van der Waals surface area contributed by atoms with Crippen LogP contribution in [0.3, 0.4) is 0 Å². The Labute approximate surface area is 163 Å². The molecule has 2 amide bonds. The molecule has 0 radical (unpaired) electrons. The molecule has 2 fully saturated rings. The molecule has 144 valence electrons. The van der Waals surface area contributed by atoms with Crippen molar-refractivity contribution < 1.29 is 14.0 Å². The molecule has 4 nitrogen and oxygen atoms in total. The third-order valence-corrected chi connectivity index (χ3v) is 6.58. The smallest absolute Gasteiger partial charge is 0.258 e. The summed E-state index contributed by atoms with van der Waals surface area (Å²) in [7, 11) is 0. The van der Waals surface area contributed by atoms with Crippen LogP contribution in [-0.4, -0.2) is 29.8 Å². The van der Waals surface area contributed by atoms with Gasteiger partial charge in [-0.05, 0) is 49.1 Å². The fourth-order valence-electron chi connectivity index (χ4n) is 4.92. The van der Waals surface area contributed by atoms with Crippen LogP contribution in [0.2, 0.25) is 0 Å². The van der Waals surface area contributed by atoms with Crippen LogP contribution in [0, 0.1) is 5.82 Å². The maximum atomic E-state index is 14.6. The van der Waals surface area contributed by atoms with Crippen molar-refractivity contribution in [1.82, 2.24) is 4.90 Å². The van der Waals surface area contributed by atoms with Crippen LogP contribution < -0.4 is 4.90 Å². The summed E-state index contributed by atoms with van der Waals surface area (Å²) in [4.78, 5) is 28.6. The Hall–Kier alpha value is -2.69. The Morgan fingerprint density at radius 1 is 1.07 bits per heavy atom. The lowest BCUT2D eigenvalue weighted by atomic mass is 9.65. The number of amides is 2. The van der Waals surface area contributed by atoms with Gasteiger partial charge in [0.2, 0.25) is 5.91 Å². The topological polar surface area (TPSA) is 40.6 Å². The molecular weight excluding hydrogens is 355 g/mol. The molecule has 1 saturated heterocycles. The number of halogens is 1. The van der Waals surface area contributed by atoms with Crippen LogP contribution in [-0.2, 0) is 16.8 Å². The van der Waals surface area contributed by atoms with Crippen molar-refractivity contribution in [3.63, 3.8) is 0 Å². The van der Waals surface area contributed by atoms with E-state index in [4.69, 9.17) is 0 Å². The Balaban J connectivity index is 1.38. The molecule has 5 rings (SSSR count). The molecule has 1 aliphatic carbocycles. The monoisotopic (exact) mass is 378 g/mol. The van der Waals surface area contributed by atoms with Gasteiger partial charge in [0.1, 0.15) is 5.82 Å². The maximum Gasteiger partial charge on any atom is 0.258 e. The fraction of sp³-hybridized carbons (Fsp3) is 0.391. The van der Waals surface area contributed by atoms with Crippen LogP contribution in [0.1, 0.15) is 53.6 Å². The lowest BCUT2D eigenvalue weighted by Gasteiger charge is -2.39. The van der Waals surface area contributed by atoms with Gasteiger partial charge in [0.15, 0.2) is 0 Å².